The van der Waals surface area contributed by atoms with Gasteiger partial charge in [-0.25, -0.2) is 0 Å². The second-order valence-electron chi connectivity index (χ2n) is 5.83. The van der Waals surface area contributed by atoms with Crippen molar-refractivity contribution in [3.05, 3.63) is 0 Å². The largest absolute Gasteiger partial charge is 0.376 e. The number of nitrogens with one attached hydrogen (secondary N) is 1. The average molecular weight is 225 g/mol. The van der Waals surface area contributed by atoms with Gasteiger partial charge in [-0.3, -0.25) is 0 Å². The zero-order chi connectivity index (χ0) is 11.4. The van der Waals surface area contributed by atoms with Crippen molar-refractivity contribution in [1.82, 2.24) is 5.32 Å². The molecule has 0 aromatic heterocycles. The molecule has 3 unspecified atom stereocenters. The minimum atomic E-state index is 0.512. The van der Waals surface area contributed by atoms with Crippen molar-refractivity contribution < 1.29 is 4.74 Å². The zero-order valence-electron chi connectivity index (χ0n) is 10.9. The molecule has 2 nitrogen and oxygen atoms in total. The van der Waals surface area contributed by atoms with Crippen LogP contribution in [0.1, 0.15) is 52.4 Å². The fourth-order valence-electron chi connectivity index (χ4n) is 3.27. The number of piperidine rings is 1. The predicted octanol–water partition coefficient (Wildman–Crippen LogP) is 2.97. The molecule has 1 aliphatic heterocycles. The topological polar surface area (TPSA) is 21.3 Å². The van der Waals surface area contributed by atoms with Gasteiger partial charge in [0, 0.05) is 6.04 Å². The van der Waals surface area contributed by atoms with Gasteiger partial charge in [-0.2, -0.15) is 0 Å². The third-order valence-electron chi connectivity index (χ3n) is 4.34. The maximum absolute atomic E-state index is 6.18. The van der Waals surface area contributed by atoms with Crippen LogP contribution in [0.15, 0.2) is 0 Å². The maximum atomic E-state index is 6.18. The monoisotopic (exact) mass is 225 g/mol. The first-order valence-corrected chi connectivity index (χ1v) is 7.12. The predicted molar refractivity (Wildman–Crippen MR) is 67.6 cm³/mol. The summed E-state index contributed by atoms with van der Waals surface area (Å²) in [5.41, 5.74) is 0. The van der Waals surface area contributed by atoms with Crippen LogP contribution in [-0.4, -0.2) is 25.3 Å². The molecule has 1 saturated carbocycles. The summed E-state index contributed by atoms with van der Waals surface area (Å²) in [5.74, 6) is 1.51. The lowest BCUT2D eigenvalue weighted by molar-refractivity contribution is -0.0476. The van der Waals surface area contributed by atoms with E-state index >= 15 is 0 Å². The maximum Gasteiger partial charge on any atom is 0.0626 e. The van der Waals surface area contributed by atoms with Crippen molar-refractivity contribution in [2.24, 2.45) is 11.8 Å². The van der Waals surface area contributed by atoms with E-state index in [1.165, 1.54) is 45.1 Å². The van der Waals surface area contributed by atoms with Crippen molar-refractivity contribution in [1.29, 1.82) is 0 Å². The molecule has 0 amide bonds. The summed E-state index contributed by atoms with van der Waals surface area (Å²) in [7, 11) is 0. The lowest BCUT2D eigenvalue weighted by atomic mass is 9.80. The highest BCUT2D eigenvalue weighted by Gasteiger charge is 2.29. The number of ether oxygens (including phenoxy) is 1. The average Bonchev–Trinajstić information content (AvgIpc) is 2.30. The van der Waals surface area contributed by atoms with Crippen LogP contribution in [0.5, 0.6) is 0 Å². The summed E-state index contributed by atoms with van der Waals surface area (Å²) in [6.07, 6.45) is 8.63. The molecule has 1 saturated heterocycles. The van der Waals surface area contributed by atoms with Gasteiger partial charge in [-0.1, -0.05) is 26.7 Å². The molecule has 2 aliphatic rings. The molecule has 0 spiro atoms. The summed E-state index contributed by atoms with van der Waals surface area (Å²) in [6, 6.07) is 0.620. The van der Waals surface area contributed by atoms with E-state index in [-0.39, 0.29) is 0 Å². The Morgan fingerprint density at radius 2 is 1.75 bits per heavy atom. The molecule has 0 aromatic rings. The zero-order valence-corrected chi connectivity index (χ0v) is 10.9. The molecular formula is C14H27NO. The fourth-order valence-corrected chi connectivity index (χ4v) is 3.27. The second-order valence-corrected chi connectivity index (χ2v) is 5.83. The van der Waals surface area contributed by atoms with Crippen molar-refractivity contribution >= 4 is 0 Å². The standard InChI is InChI=1S/C14H27NO/c1-11-6-5-7-12(2)14(11)16-10-13-8-3-4-9-15-13/h11-15H,3-10H2,1-2H3. The van der Waals surface area contributed by atoms with Crippen LogP contribution in [-0.2, 0) is 4.74 Å². The molecule has 94 valence electrons. The van der Waals surface area contributed by atoms with E-state index in [1.807, 2.05) is 0 Å². The first-order chi connectivity index (χ1) is 7.77. The van der Waals surface area contributed by atoms with Crippen LogP contribution in [0.25, 0.3) is 0 Å². The Bertz CT molecular complexity index is 191. The molecule has 2 rings (SSSR count). The molecule has 1 N–H and O–H groups in total. The highest BCUT2D eigenvalue weighted by atomic mass is 16.5. The third kappa shape index (κ3) is 3.21. The third-order valence-corrected chi connectivity index (χ3v) is 4.34. The normalized spacial score (nSPS) is 40.9. The number of rotatable bonds is 3. The fraction of sp³-hybridized carbons (Fsp3) is 1.00. The smallest absolute Gasteiger partial charge is 0.0626 e. The van der Waals surface area contributed by atoms with Gasteiger partial charge >= 0.3 is 0 Å². The minimum absolute atomic E-state index is 0.512. The van der Waals surface area contributed by atoms with Gasteiger partial charge in [0.2, 0.25) is 0 Å². The van der Waals surface area contributed by atoms with Crippen molar-refractivity contribution in [3.63, 3.8) is 0 Å². The summed E-state index contributed by atoms with van der Waals surface area (Å²) in [5, 5.41) is 3.56. The lowest BCUT2D eigenvalue weighted by Crippen LogP contribution is -2.41. The van der Waals surface area contributed by atoms with E-state index in [0.29, 0.717) is 12.1 Å². The van der Waals surface area contributed by atoms with Crippen LogP contribution in [0.3, 0.4) is 0 Å². The van der Waals surface area contributed by atoms with Crippen molar-refractivity contribution in [3.8, 4) is 0 Å². The van der Waals surface area contributed by atoms with Gasteiger partial charge in [0.1, 0.15) is 0 Å². The Hall–Kier alpha value is -0.0800. The molecule has 16 heavy (non-hydrogen) atoms. The molecule has 3 atom stereocenters. The number of hydrogen-bond donors (Lipinski definition) is 1. The second kappa shape index (κ2) is 6.02. The van der Waals surface area contributed by atoms with Crippen LogP contribution in [0.2, 0.25) is 0 Å². The Morgan fingerprint density at radius 3 is 2.38 bits per heavy atom. The van der Waals surface area contributed by atoms with E-state index < -0.39 is 0 Å². The highest BCUT2D eigenvalue weighted by molar-refractivity contribution is 4.80. The molecule has 2 fully saturated rings. The van der Waals surface area contributed by atoms with Crippen LogP contribution in [0, 0.1) is 11.8 Å². The first-order valence-electron chi connectivity index (χ1n) is 7.12. The van der Waals surface area contributed by atoms with Gasteiger partial charge in [0.25, 0.3) is 0 Å². The van der Waals surface area contributed by atoms with E-state index in [1.54, 1.807) is 0 Å². The number of hydrogen-bond acceptors (Lipinski definition) is 2. The summed E-state index contributed by atoms with van der Waals surface area (Å²) >= 11 is 0. The van der Waals surface area contributed by atoms with Crippen LogP contribution >= 0.6 is 0 Å². The molecule has 2 heteroatoms. The Balaban J connectivity index is 1.74. The van der Waals surface area contributed by atoms with E-state index in [9.17, 15) is 0 Å². The summed E-state index contributed by atoms with van der Waals surface area (Å²) in [6.45, 7) is 6.83. The van der Waals surface area contributed by atoms with Crippen molar-refractivity contribution in [2.45, 2.75) is 64.5 Å². The van der Waals surface area contributed by atoms with Gasteiger partial charge in [-0.15, -0.1) is 0 Å². The molecule has 0 bridgehead atoms. The molecule has 0 aromatic carbocycles. The molecule has 1 heterocycles. The Kier molecular flexibility index (Phi) is 4.66. The summed E-state index contributed by atoms with van der Waals surface area (Å²) in [4.78, 5) is 0. The first kappa shape index (κ1) is 12.4. The minimum Gasteiger partial charge on any atom is -0.376 e. The van der Waals surface area contributed by atoms with Gasteiger partial charge in [0.15, 0.2) is 0 Å². The SMILES string of the molecule is CC1CCCC(C)C1OCC1CCCCN1. The molecule has 0 radical (unpaired) electrons. The Morgan fingerprint density at radius 1 is 1.00 bits per heavy atom. The van der Waals surface area contributed by atoms with Gasteiger partial charge < -0.3 is 10.1 Å². The lowest BCUT2D eigenvalue weighted by Gasteiger charge is -2.36. The van der Waals surface area contributed by atoms with Crippen molar-refractivity contribution in [2.75, 3.05) is 13.2 Å². The Labute approximate surface area is 100 Å². The summed E-state index contributed by atoms with van der Waals surface area (Å²) < 4.78 is 6.18. The van der Waals surface area contributed by atoms with E-state index in [4.69, 9.17) is 4.74 Å². The van der Waals surface area contributed by atoms with Crippen LogP contribution < -0.4 is 5.32 Å². The molecule has 1 aliphatic carbocycles. The molecular weight excluding hydrogens is 198 g/mol. The van der Waals surface area contributed by atoms with Gasteiger partial charge in [0.05, 0.1) is 12.7 Å². The van der Waals surface area contributed by atoms with Gasteiger partial charge in [-0.05, 0) is 44.1 Å². The van der Waals surface area contributed by atoms with E-state index in [2.05, 4.69) is 19.2 Å². The highest BCUT2D eigenvalue weighted by Crippen LogP contribution is 2.31. The quantitative estimate of drug-likeness (QED) is 0.797. The van der Waals surface area contributed by atoms with E-state index in [0.717, 1.165) is 18.4 Å². The van der Waals surface area contributed by atoms with Crippen LogP contribution in [0.4, 0.5) is 0 Å².